The second kappa shape index (κ2) is 7.92. The highest BCUT2D eigenvalue weighted by atomic mass is 35.5. The molecular formula is C19H12ClF2N3O2. The second-order valence-electron chi connectivity index (χ2n) is 5.48. The van der Waals surface area contributed by atoms with Gasteiger partial charge in [0.25, 0.3) is 11.8 Å². The van der Waals surface area contributed by atoms with Crippen molar-refractivity contribution in [2.75, 3.05) is 10.6 Å². The molecule has 0 saturated carbocycles. The molecule has 0 aliphatic rings. The summed E-state index contributed by atoms with van der Waals surface area (Å²) in [6, 6.07) is 11.0. The first kappa shape index (κ1) is 18.5. The van der Waals surface area contributed by atoms with E-state index in [1.807, 2.05) is 0 Å². The van der Waals surface area contributed by atoms with Crippen LogP contribution in [-0.4, -0.2) is 16.8 Å². The van der Waals surface area contributed by atoms with Gasteiger partial charge in [-0.2, -0.15) is 0 Å². The molecule has 3 aromatic rings. The SMILES string of the molecule is O=C(Nc1cccc(Cl)c1)c1cncc(C(=O)Nc2c(F)cccc2F)c1. The summed E-state index contributed by atoms with van der Waals surface area (Å²) in [5, 5.41) is 5.21. The number of halogens is 3. The fourth-order valence-electron chi connectivity index (χ4n) is 2.26. The molecular weight excluding hydrogens is 376 g/mol. The number of nitrogens with one attached hydrogen (secondary N) is 2. The second-order valence-corrected chi connectivity index (χ2v) is 5.91. The van der Waals surface area contributed by atoms with E-state index in [1.54, 1.807) is 24.3 Å². The molecule has 0 fully saturated rings. The average molecular weight is 388 g/mol. The lowest BCUT2D eigenvalue weighted by Crippen LogP contribution is -2.17. The highest BCUT2D eigenvalue weighted by Crippen LogP contribution is 2.19. The van der Waals surface area contributed by atoms with Crippen LogP contribution in [-0.2, 0) is 0 Å². The molecule has 8 heteroatoms. The van der Waals surface area contributed by atoms with Crippen LogP contribution < -0.4 is 10.6 Å². The fraction of sp³-hybridized carbons (Fsp3) is 0. The summed E-state index contributed by atoms with van der Waals surface area (Å²) in [5.74, 6) is -3.14. The number of carbonyl (C=O) groups is 2. The van der Waals surface area contributed by atoms with E-state index < -0.39 is 29.1 Å². The van der Waals surface area contributed by atoms with E-state index in [2.05, 4.69) is 15.6 Å². The third-order valence-corrected chi connectivity index (χ3v) is 3.78. The predicted octanol–water partition coefficient (Wildman–Crippen LogP) is 4.52. The minimum atomic E-state index is -0.911. The zero-order chi connectivity index (χ0) is 19.4. The van der Waals surface area contributed by atoms with E-state index in [0.29, 0.717) is 10.7 Å². The molecule has 0 atom stereocenters. The molecule has 0 saturated heterocycles. The maximum absolute atomic E-state index is 13.7. The molecule has 27 heavy (non-hydrogen) atoms. The number of benzene rings is 2. The highest BCUT2D eigenvalue weighted by Gasteiger charge is 2.16. The molecule has 0 bridgehead atoms. The Labute approximate surface area is 158 Å². The number of aromatic nitrogens is 1. The standard InChI is InChI=1S/C19H12ClF2N3O2/c20-13-3-1-4-14(8-13)24-18(26)11-7-12(10-23-9-11)19(27)25-17-15(21)5-2-6-16(17)22/h1-10H,(H,24,26)(H,25,27). The van der Waals surface area contributed by atoms with Crippen molar-refractivity contribution in [3.63, 3.8) is 0 Å². The van der Waals surface area contributed by atoms with Gasteiger partial charge in [-0.25, -0.2) is 8.78 Å². The van der Waals surface area contributed by atoms with E-state index in [0.717, 1.165) is 12.1 Å². The van der Waals surface area contributed by atoms with Crippen molar-refractivity contribution in [1.82, 2.24) is 4.98 Å². The number of amides is 2. The Hall–Kier alpha value is -3.32. The smallest absolute Gasteiger partial charge is 0.257 e. The summed E-state index contributed by atoms with van der Waals surface area (Å²) in [6.45, 7) is 0. The third-order valence-electron chi connectivity index (χ3n) is 3.55. The maximum Gasteiger partial charge on any atom is 0.257 e. The molecule has 136 valence electrons. The van der Waals surface area contributed by atoms with Crippen LogP contribution in [0.2, 0.25) is 5.02 Å². The van der Waals surface area contributed by atoms with Crippen molar-refractivity contribution >= 4 is 34.8 Å². The van der Waals surface area contributed by atoms with Crippen molar-refractivity contribution in [3.8, 4) is 0 Å². The van der Waals surface area contributed by atoms with Crippen LogP contribution in [0.1, 0.15) is 20.7 Å². The number of carbonyl (C=O) groups excluding carboxylic acids is 2. The predicted molar refractivity (Wildman–Crippen MR) is 98.0 cm³/mol. The Morgan fingerprint density at radius 1 is 0.852 bits per heavy atom. The monoisotopic (exact) mass is 387 g/mol. The van der Waals surface area contributed by atoms with Crippen LogP contribution in [0.25, 0.3) is 0 Å². The van der Waals surface area contributed by atoms with Crippen LogP contribution in [0, 0.1) is 11.6 Å². The lowest BCUT2D eigenvalue weighted by atomic mass is 10.1. The zero-order valence-corrected chi connectivity index (χ0v) is 14.4. The molecule has 3 rings (SSSR count). The van der Waals surface area contributed by atoms with E-state index in [1.165, 1.54) is 24.5 Å². The van der Waals surface area contributed by atoms with Crippen molar-refractivity contribution in [2.24, 2.45) is 0 Å². The topological polar surface area (TPSA) is 71.1 Å². The summed E-state index contributed by atoms with van der Waals surface area (Å²) in [6.07, 6.45) is 2.45. The van der Waals surface area contributed by atoms with Crippen LogP contribution in [0.15, 0.2) is 60.9 Å². The lowest BCUT2D eigenvalue weighted by Gasteiger charge is -2.09. The fourth-order valence-corrected chi connectivity index (χ4v) is 2.45. The van der Waals surface area contributed by atoms with Gasteiger partial charge in [-0.05, 0) is 36.4 Å². The Balaban J connectivity index is 1.78. The Morgan fingerprint density at radius 3 is 2.07 bits per heavy atom. The number of para-hydroxylation sites is 1. The van der Waals surface area contributed by atoms with E-state index >= 15 is 0 Å². The van der Waals surface area contributed by atoms with Crippen molar-refractivity contribution in [3.05, 3.63) is 88.7 Å². The first-order valence-electron chi connectivity index (χ1n) is 7.71. The number of anilines is 2. The van der Waals surface area contributed by atoms with E-state index in [4.69, 9.17) is 11.6 Å². The van der Waals surface area contributed by atoms with Gasteiger partial charge in [0.1, 0.15) is 17.3 Å². The van der Waals surface area contributed by atoms with Gasteiger partial charge >= 0.3 is 0 Å². The van der Waals surface area contributed by atoms with Gasteiger partial charge in [0.2, 0.25) is 0 Å². The van der Waals surface area contributed by atoms with Gasteiger partial charge in [0, 0.05) is 23.1 Å². The van der Waals surface area contributed by atoms with E-state index in [-0.39, 0.29) is 11.1 Å². The third kappa shape index (κ3) is 4.45. The first-order chi connectivity index (χ1) is 12.9. The quantitative estimate of drug-likeness (QED) is 0.691. The molecule has 0 spiro atoms. The average Bonchev–Trinajstić information content (AvgIpc) is 2.65. The molecule has 1 aromatic heterocycles. The van der Waals surface area contributed by atoms with Crippen LogP contribution in [0.3, 0.4) is 0 Å². The van der Waals surface area contributed by atoms with Crippen molar-refractivity contribution in [1.29, 1.82) is 0 Å². The Kier molecular flexibility index (Phi) is 5.42. The number of nitrogens with zero attached hydrogens (tertiary/aromatic N) is 1. The summed E-state index contributed by atoms with van der Waals surface area (Å²) in [7, 11) is 0. The van der Waals surface area contributed by atoms with Crippen LogP contribution >= 0.6 is 11.6 Å². The molecule has 0 aliphatic heterocycles. The molecule has 2 aromatic carbocycles. The molecule has 5 nitrogen and oxygen atoms in total. The highest BCUT2D eigenvalue weighted by molar-refractivity contribution is 6.31. The van der Waals surface area contributed by atoms with Gasteiger partial charge in [0.05, 0.1) is 11.1 Å². The minimum absolute atomic E-state index is 0.0311. The number of rotatable bonds is 4. The van der Waals surface area contributed by atoms with Gasteiger partial charge in [0.15, 0.2) is 0 Å². The van der Waals surface area contributed by atoms with Gasteiger partial charge in [-0.15, -0.1) is 0 Å². The molecule has 1 heterocycles. The van der Waals surface area contributed by atoms with E-state index in [9.17, 15) is 18.4 Å². The molecule has 2 N–H and O–H groups in total. The Morgan fingerprint density at radius 2 is 1.44 bits per heavy atom. The summed E-state index contributed by atoms with van der Waals surface area (Å²) in [4.78, 5) is 28.4. The van der Waals surface area contributed by atoms with Crippen LogP contribution in [0.4, 0.5) is 20.2 Å². The molecule has 0 radical (unpaired) electrons. The summed E-state index contributed by atoms with van der Waals surface area (Å²) < 4.78 is 27.3. The van der Waals surface area contributed by atoms with Gasteiger partial charge < -0.3 is 10.6 Å². The zero-order valence-electron chi connectivity index (χ0n) is 13.7. The van der Waals surface area contributed by atoms with Crippen molar-refractivity contribution in [2.45, 2.75) is 0 Å². The summed E-state index contributed by atoms with van der Waals surface area (Å²) in [5.41, 5.74) is -0.0416. The summed E-state index contributed by atoms with van der Waals surface area (Å²) >= 11 is 5.87. The molecule has 0 unspecified atom stereocenters. The number of hydrogen-bond acceptors (Lipinski definition) is 3. The number of hydrogen-bond donors (Lipinski definition) is 2. The number of pyridine rings is 1. The van der Waals surface area contributed by atoms with Crippen molar-refractivity contribution < 1.29 is 18.4 Å². The minimum Gasteiger partial charge on any atom is -0.322 e. The maximum atomic E-state index is 13.7. The normalized spacial score (nSPS) is 10.3. The molecule has 2 amide bonds. The largest absolute Gasteiger partial charge is 0.322 e. The molecule has 0 aliphatic carbocycles. The van der Waals surface area contributed by atoms with Gasteiger partial charge in [-0.1, -0.05) is 23.7 Å². The first-order valence-corrected chi connectivity index (χ1v) is 8.09. The van der Waals surface area contributed by atoms with Gasteiger partial charge in [-0.3, -0.25) is 14.6 Å². The Bertz CT molecular complexity index is 1010. The van der Waals surface area contributed by atoms with Crippen LogP contribution in [0.5, 0.6) is 0 Å². The lowest BCUT2D eigenvalue weighted by molar-refractivity contribution is 0.102.